The van der Waals surface area contributed by atoms with E-state index >= 15 is 0 Å². The van der Waals surface area contributed by atoms with Crippen LogP contribution < -0.4 is 4.90 Å². The molecule has 3 rings (SSSR count). The Morgan fingerprint density at radius 3 is 2.38 bits per heavy atom. The number of unbranched alkanes of at least 4 members (excludes halogenated alkanes) is 3. The number of carboxylic acid groups (broad SMARTS) is 1. The van der Waals surface area contributed by atoms with Crippen molar-refractivity contribution in [2.24, 2.45) is 0 Å². The number of ketones is 1. The smallest absolute Gasteiger partial charge is 0.335 e. The molecule has 5 heteroatoms. The van der Waals surface area contributed by atoms with E-state index in [1.165, 1.54) is 24.6 Å². The molecule has 168 valence electrons. The Balaban J connectivity index is 1.81. The molecular weight excluding hydrogens is 402 g/mol. The molecule has 0 spiro atoms. The van der Waals surface area contributed by atoms with Gasteiger partial charge in [-0.15, -0.1) is 0 Å². The average Bonchev–Trinajstić information content (AvgIpc) is 2.76. The minimum absolute atomic E-state index is 0.127. The third-order valence-corrected chi connectivity index (χ3v) is 6.02. The Morgan fingerprint density at radius 1 is 1.03 bits per heavy atom. The topological polar surface area (TPSA) is 74.7 Å². The quantitative estimate of drug-likeness (QED) is 0.305. The standard InChI is InChI=1S/C27H31NO4/c1-4-5-6-7-16-28-23-14-13-21(17-22(23)27(2,3)18-25(28)30)24(29)15-10-19-8-11-20(12-9-19)26(31)32/h8-15,17H,4-7,16,18H2,1-3H3,(H,31,32)/b15-10+. The molecule has 1 amide bonds. The van der Waals surface area contributed by atoms with Crippen LogP contribution in [0.4, 0.5) is 5.69 Å². The third kappa shape index (κ3) is 5.34. The Morgan fingerprint density at radius 2 is 1.72 bits per heavy atom. The Kier molecular flexibility index (Phi) is 7.29. The molecule has 5 nitrogen and oxygen atoms in total. The van der Waals surface area contributed by atoms with Crippen LogP contribution in [0.5, 0.6) is 0 Å². The number of fused-ring (bicyclic) bond motifs is 1. The Bertz CT molecular complexity index is 1030. The van der Waals surface area contributed by atoms with E-state index in [0.717, 1.165) is 36.1 Å². The van der Waals surface area contributed by atoms with Gasteiger partial charge in [-0.05, 0) is 54.0 Å². The number of allylic oxidation sites excluding steroid dienone is 1. The molecule has 0 aromatic heterocycles. The van der Waals surface area contributed by atoms with Crippen LogP contribution in [0.3, 0.4) is 0 Å². The van der Waals surface area contributed by atoms with E-state index in [9.17, 15) is 14.4 Å². The number of amides is 1. The SMILES string of the molecule is CCCCCCN1C(=O)CC(C)(C)c2cc(C(=O)/C=C/c3ccc(C(=O)O)cc3)ccc21. The first kappa shape index (κ1) is 23.5. The monoisotopic (exact) mass is 433 g/mol. The fraction of sp³-hybridized carbons (Fsp3) is 0.370. The van der Waals surface area contributed by atoms with Crippen LogP contribution in [0.2, 0.25) is 0 Å². The molecule has 0 saturated carbocycles. The normalized spacial score (nSPS) is 15.1. The fourth-order valence-electron chi connectivity index (χ4n) is 4.12. The first-order valence-corrected chi connectivity index (χ1v) is 11.2. The van der Waals surface area contributed by atoms with Gasteiger partial charge in [0.05, 0.1) is 5.56 Å². The van der Waals surface area contributed by atoms with Crippen molar-refractivity contribution in [2.45, 2.75) is 58.3 Å². The molecule has 1 aliphatic heterocycles. The third-order valence-electron chi connectivity index (χ3n) is 6.02. The highest BCUT2D eigenvalue weighted by atomic mass is 16.4. The molecule has 0 aliphatic carbocycles. The second-order valence-corrected chi connectivity index (χ2v) is 9.02. The first-order valence-electron chi connectivity index (χ1n) is 11.2. The molecule has 0 saturated heterocycles. The number of hydrogen-bond acceptors (Lipinski definition) is 3. The van der Waals surface area contributed by atoms with E-state index in [2.05, 4.69) is 6.92 Å². The van der Waals surface area contributed by atoms with Gasteiger partial charge in [0.1, 0.15) is 0 Å². The summed E-state index contributed by atoms with van der Waals surface area (Å²) in [5, 5.41) is 8.99. The maximum atomic E-state index is 12.8. The molecule has 1 heterocycles. The molecule has 0 radical (unpaired) electrons. The second-order valence-electron chi connectivity index (χ2n) is 9.02. The molecule has 1 N–H and O–H groups in total. The first-order chi connectivity index (χ1) is 15.2. The summed E-state index contributed by atoms with van der Waals surface area (Å²) in [6, 6.07) is 12.0. The predicted octanol–water partition coefficient (Wildman–Crippen LogP) is 5.88. The van der Waals surface area contributed by atoms with Gasteiger partial charge >= 0.3 is 5.97 Å². The lowest BCUT2D eigenvalue weighted by Gasteiger charge is -2.39. The largest absolute Gasteiger partial charge is 0.478 e. The number of carboxylic acids is 1. The van der Waals surface area contributed by atoms with Crippen molar-refractivity contribution in [3.05, 3.63) is 70.8 Å². The average molecular weight is 434 g/mol. The number of carbonyl (C=O) groups is 3. The van der Waals surface area contributed by atoms with Crippen LogP contribution in [0.1, 0.15) is 84.7 Å². The van der Waals surface area contributed by atoms with Crippen molar-refractivity contribution in [2.75, 3.05) is 11.4 Å². The van der Waals surface area contributed by atoms with Crippen molar-refractivity contribution in [3.8, 4) is 0 Å². The zero-order valence-corrected chi connectivity index (χ0v) is 19.1. The molecule has 2 aromatic rings. The molecule has 1 aliphatic rings. The summed E-state index contributed by atoms with van der Waals surface area (Å²) >= 11 is 0. The van der Waals surface area contributed by atoms with Crippen LogP contribution in [0.25, 0.3) is 6.08 Å². The lowest BCUT2D eigenvalue weighted by atomic mass is 9.76. The molecule has 0 bridgehead atoms. The van der Waals surface area contributed by atoms with Gasteiger partial charge in [-0.3, -0.25) is 9.59 Å². The van der Waals surface area contributed by atoms with E-state index in [1.807, 2.05) is 30.9 Å². The molecule has 32 heavy (non-hydrogen) atoms. The minimum atomic E-state index is -0.980. The number of rotatable bonds is 9. The maximum Gasteiger partial charge on any atom is 0.335 e. The van der Waals surface area contributed by atoms with Gasteiger partial charge in [-0.1, -0.05) is 58.2 Å². The van der Waals surface area contributed by atoms with Crippen molar-refractivity contribution >= 4 is 29.4 Å². The highest BCUT2D eigenvalue weighted by molar-refractivity contribution is 6.08. The van der Waals surface area contributed by atoms with E-state index in [1.54, 1.807) is 24.3 Å². The number of hydrogen-bond donors (Lipinski definition) is 1. The van der Waals surface area contributed by atoms with Crippen molar-refractivity contribution in [3.63, 3.8) is 0 Å². The van der Waals surface area contributed by atoms with Gasteiger partial charge in [0, 0.05) is 29.6 Å². The summed E-state index contributed by atoms with van der Waals surface area (Å²) in [5.74, 6) is -0.966. The van der Waals surface area contributed by atoms with Gasteiger partial charge in [0.15, 0.2) is 5.78 Å². The molecule has 0 atom stereocenters. The zero-order chi connectivity index (χ0) is 23.3. The maximum absolute atomic E-state index is 12.8. The summed E-state index contributed by atoms with van der Waals surface area (Å²) < 4.78 is 0. The van der Waals surface area contributed by atoms with Crippen LogP contribution >= 0.6 is 0 Å². The van der Waals surface area contributed by atoms with E-state index in [-0.39, 0.29) is 22.7 Å². The molecule has 0 unspecified atom stereocenters. The lowest BCUT2D eigenvalue weighted by Crippen LogP contribution is -2.42. The zero-order valence-electron chi connectivity index (χ0n) is 19.1. The van der Waals surface area contributed by atoms with Crippen LogP contribution in [-0.2, 0) is 10.2 Å². The lowest BCUT2D eigenvalue weighted by molar-refractivity contribution is -0.120. The van der Waals surface area contributed by atoms with Crippen molar-refractivity contribution in [1.82, 2.24) is 0 Å². The predicted molar refractivity (Wildman–Crippen MR) is 127 cm³/mol. The number of benzene rings is 2. The minimum Gasteiger partial charge on any atom is -0.478 e. The highest BCUT2D eigenvalue weighted by Gasteiger charge is 2.36. The fourth-order valence-corrected chi connectivity index (χ4v) is 4.12. The van der Waals surface area contributed by atoms with Crippen LogP contribution in [0.15, 0.2) is 48.5 Å². The van der Waals surface area contributed by atoms with Gasteiger partial charge in [-0.25, -0.2) is 4.79 Å². The highest BCUT2D eigenvalue weighted by Crippen LogP contribution is 2.41. The molecule has 2 aromatic carbocycles. The number of anilines is 1. The Hall–Kier alpha value is -3.21. The van der Waals surface area contributed by atoms with E-state index in [4.69, 9.17) is 5.11 Å². The molecule has 0 fully saturated rings. The summed E-state index contributed by atoms with van der Waals surface area (Å²) in [7, 11) is 0. The summed E-state index contributed by atoms with van der Waals surface area (Å²) in [6.45, 7) is 6.97. The summed E-state index contributed by atoms with van der Waals surface area (Å²) in [4.78, 5) is 38.5. The summed E-state index contributed by atoms with van der Waals surface area (Å²) in [5.41, 5.74) is 3.14. The summed E-state index contributed by atoms with van der Waals surface area (Å²) in [6.07, 6.45) is 8.01. The van der Waals surface area contributed by atoms with E-state index < -0.39 is 5.97 Å². The van der Waals surface area contributed by atoms with Gasteiger partial charge in [0.25, 0.3) is 0 Å². The van der Waals surface area contributed by atoms with E-state index in [0.29, 0.717) is 18.5 Å². The number of nitrogens with zero attached hydrogens (tertiary/aromatic N) is 1. The van der Waals surface area contributed by atoms with Crippen molar-refractivity contribution in [1.29, 1.82) is 0 Å². The number of aromatic carboxylic acids is 1. The second kappa shape index (κ2) is 9.94. The number of carbonyl (C=O) groups excluding carboxylic acids is 2. The van der Waals surface area contributed by atoms with Gasteiger partial charge in [-0.2, -0.15) is 0 Å². The van der Waals surface area contributed by atoms with Gasteiger partial charge < -0.3 is 10.0 Å². The van der Waals surface area contributed by atoms with Crippen molar-refractivity contribution < 1.29 is 19.5 Å². The van der Waals surface area contributed by atoms with Gasteiger partial charge in [0.2, 0.25) is 5.91 Å². The molecular formula is C27H31NO4. The van der Waals surface area contributed by atoms with Crippen LogP contribution in [0, 0.1) is 0 Å². The Labute approximate surface area is 189 Å². The van der Waals surface area contributed by atoms with Crippen LogP contribution in [-0.4, -0.2) is 29.3 Å².